The van der Waals surface area contributed by atoms with Crippen molar-refractivity contribution in [2.24, 2.45) is 0 Å². The van der Waals surface area contributed by atoms with E-state index in [1.807, 2.05) is 30.0 Å². The summed E-state index contributed by atoms with van der Waals surface area (Å²) in [6.45, 7) is 2.63. The Labute approximate surface area is 177 Å². The van der Waals surface area contributed by atoms with Crippen molar-refractivity contribution in [2.45, 2.75) is 19.4 Å². The number of fused-ring (bicyclic) bond motifs is 2. The molecule has 0 bridgehead atoms. The van der Waals surface area contributed by atoms with Crippen LogP contribution in [-0.4, -0.2) is 31.9 Å². The quantitative estimate of drug-likeness (QED) is 0.431. The van der Waals surface area contributed by atoms with Gasteiger partial charge in [0.2, 0.25) is 5.95 Å². The summed E-state index contributed by atoms with van der Waals surface area (Å²) in [5.74, 6) is -0.589. The topological polar surface area (TPSA) is 50.5 Å². The van der Waals surface area contributed by atoms with Crippen LogP contribution in [-0.2, 0) is 6.42 Å². The van der Waals surface area contributed by atoms with Gasteiger partial charge in [-0.15, -0.1) is 0 Å². The highest BCUT2D eigenvalue weighted by Gasteiger charge is 2.29. The number of pyridine rings is 2. The predicted molar refractivity (Wildman–Crippen MR) is 113 cm³/mol. The van der Waals surface area contributed by atoms with Gasteiger partial charge >= 0.3 is 0 Å². The van der Waals surface area contributed by atoms with Gasteiger partial charge in [-0.25, -0.2) is 9.50 Å². The molecule has 5 nitrogen and oxygen atoms in total. The second-order valence-corrected chi connectivity index (χ2v) is 7.89. The Balaban J connectivity index is 1.43. The van der Waals surface area contributed by atoms with Crippen LogP contribution in [0.4, 0.5) is 4.39 Å². The Morgan fingerprint density at radius 1 is 1.13 bits per heavy atom. The van der Waals surface area contributed by atoms with Gasteiger partial charge in [-0.05, 0) is 60.4 Å². The van der Waals surface area contributed by atoms with Crippen molar-refractivity contribution in [1.29, 1.82) is 0 Å². The number of hydrogen-bond acceptors (Lipinski definition) is 3. The average molecular weight is 421 g/mol. The SMILES string of the molecule is CC1c2ccc(-c3ccc(F)nc3)cc2CCN1C(=O)c1cc2ccc(Cl)cn2n1. The lowest BCUT2D eigenvalue weighted by molar-refractivity contribution is 0.0671. The van der Waals surface area contributed by atoms with Crippen molar-refractivity contribution in [1.82, 2.24) is 19.5 Å². The van der Waals surface area contributed by atoms with Crippen LogP contribution >= 0.6 is 11.6 Å². The minimum Gasteiger partial charge on any atom is -0.330 e. The van der Waals surface area contributed by atoms with Gasteiger partial charge in [0.1, 0.15) is 0 Å². The average Bonchev–Trinajstić information content (AvgIpc) is 3.17. The molecule has 0 fully saturated rings. The van der Waals surface area contributed by atoms with E-state index in [2.05, 4.69) is 16.1 Å². The summed E-state index contributed by atoms with van der Waals surface area (Å²) >= 11 is 6.02. The highest BCUT2D eigenvalue weighted by atomic mass is 35.5. The zero-order valence-corrected chi connectivity index (χ0v) is 17.0. The number of halogens is 2. The van der Waals surface area contributed by atoms with Crippen LogP contribution in [0.3, 0.4) is 0 Å². The number of carbonyl (C=O) groups is 1. The highest BCUT2D eigenvalue weighted by molar-refractivity contribution is 6.30. The number of amides is 1. The summed E-state index contributed by atoms with van der Waals surface area (Å²) in [5, 5.41) is 4.97. The van der Waals surface area contributed by atoms with Crippen molar-refractivity contribution in [3.8, 4) is 11.1 Å². The highest BCUT2D eigenvalue weighted by Crippen LogP contribution is 2.33. The van der Waals surface area contributed by atoms with Gasteiger partial charge in [0, 0.05) is 24.5 Å². The monoisotopic (exact) mass is 420 g/mol. The number of hydrogen-bond donors (Lipinski definition) is 0. The fraction of sp³-hybridized carbons (Fsp3) is 0.174. The smallest absolute Gasteiger partial charge is 0.274 e. The van der Waals surface area contributed by atoms with E-state index in [1.165, 1.54) is 17.8 Å². The maximum absolute atomic E-state index is 13.2. The van der Waals surface area contributed by atoms with E-state index in [-0.39, 0.29) is 11.9 Å². The molecule has 30 heavy (non-hydrogen) atoms. The standard InChI is InChI=1S/C23H18ClFN4O/c1-14-20-6-2-15(17-3-7-22(25)26-12-17)10-16(20)8-9-28(14)23(30)21-11-19-5-4-18(24)13-29(19)27-21/h2-7,10-14H,8-9H2,1H3. The van der Waals surface area contributed by atoms with Crippen LogP contribution in [0.25, 0.3) is 16.6 Å². The molecule has 3 aromatic heterocycles. The molecule has 0 radical (unpaired) electrons. The predicted octanol–water partition coefficient (Wildman–Crippen LogP) is 4.95. The number of aromatic nitrogens is 3. The molecule has 0 saturated heterocycles. The van der Waals surface area contributed by atoms with E-state index < -0.39 is 5.95 Å². The molecule has 7 heteroatoms. The first-order valence-corrected chi connectivity index (χ1v) is 10.1. The Hall–Kier alpha value is -3.25. The maximum atomic E-state index is 13.2. The lowest BCUT2D eigenvalue weighted by Crippen LogP contribution is -2.39. The molecule has 150 valence electrons. The molecule has 0 spiro atoms. The van der Waals surface area contributed by atoms with Crippen molar-refractivity contribution in [3.05, 3.63) is 88.7 Å². The van der Waals surface area contributed by atoms with E-state index in [1.54, 1.807) is 28.9 Å². The lowest BCUT2D eigenvalue weighted by atomic mass is 9.90. The molecule has 4 aromatic rings. The van der Waals surface area contributed by atoms with Crippen molar-refractivity contribution in [2.75, 3.05) is 6.54 Å². The first kappa shape index (κ1) is 18.8. The molecule has 0 saturated carbocycles. The summed E-state index contributed by atoms with van der Waals surface area (Å²) in [6.07, 6.45) is 3.97. The molecule has 0 N–H and O–H groups in total. The minimum atomic E-state index is -0.492. The van der Waals surface area contributed by atoms with Gasteiger partial charge in [-0.2, -0.15) is 9.49 Å². The normalized spacial score (nSPS) is 16.0. The van der Waals surface area contributed by atoms with Crippen LogP contribution in [0.2, 0.25) is 5.02 Å². The van der Waals surface area contributed by atoms with Gasteiger partial charge in [0.25, 0.3) is 5.91 Å². The second-order valence-electron chi connectivity index (χ2n) is 7.45. The van der Waals surface area contributed by atoms with Gasteiger partial charge < -0.3 is 4.90 Å². The van der Waals surface area contributed by atoms with E-state index in [4.69, 9.17) is 11.6 Å². The number of nitrogens with zero attached hydrogens (tertiary/aromatic N) is 4. The number of benzene rings is 1. The largest absolute Gasteiger partial charge is 0.330 e. The molecule has 1 unspecified atom stereocenters. The van der Waals surface area contributed by atoms with Crippen molar-refractivity contribution >= 4 is 23.0 Å². The number of carbonyl (C=O) groups excluding carboxylic acids is 1. The van der Waals surface area contributed by atoms with E-state index in [0.717, 1.165) is 28.6 Å². The van der Waals surface area contributed by atoms with Crippen LogP contribution in [0.5, 0.6) is 0 Å². The summed E-state index contributed by atoms with van der Waals surface area (Å²) in [4.78, 5) is 18.8. The first-order valence-electron chi connectivity index (χ1n) is 9.70. The van der Waals surface area contributed by atoms with Gasteiger partial charge in [-0.1, -0.05) is 29.8 Å². The van der Waals surface area contributed by atoms with Crippen LogP contribution < -0.4 is 0 Å². The van der Waals surface area contributed by atoms with Crippen molar-refractivity contribution in [3.63, 3.8) is 0 Å². The molecule has 1 aliphatic rings. The fourth-order valence-corrected chi connectivity index (χ4v) is 4.20. The Morgan fingerprint density at radius 2 is 1.97 bits per heavy atom. The fourth-order valence-electron chi connectivity index (χ4n) is 4.05. The van der Waals surface area contributed by atoms with Crippen LogP contribution in [0.1, 0.15) is 34.6 Å². The minimum absolute atomic E-state index is 0.0740. The molecule has 0 aliphatic carbocycles. The summed E-state index contributed by atoms with van der Waals surface area (Å²) in [5.41, 5.74) is 5.39. The summed E-state index contributed by atoms with van der Waals surface area (Å²) in [6, 6.07) is 14.6. The van der Waals surface area contributed by atoms with Crippen molar-refractivity contribution < 1.29 is 9.18 Å². The van der Waals surface area contributed by atoms with Gasteiger partial charge in [0.05, 0.1) is 16.6 Å². The summed E-state index contributed by atoms with van der Waals surface area (Å²) < 4.78 is 14.7. The third-order valence-electron chi connectivity index (χ3n) is 5.65. The summed E-state index contributed by atoms with van der Waals surface area (Å²) in [7, 11) is 0. The molecule has 1 atom stereocenters. The third-order valence-corrected chi connectivity index (χ3v) is 5.87. The van der Waals surface area contributed by atoms with E-state index in [9.17, 15) is 9.18 Å². The molecular formula is C23H18ClFN4O. The number of rotatable bonds is 2. The molecule has 1 aromatic carbocycles. The second kappa shape index (κ2) is 7.22. The zero-order chi connectivity index (χ0) is 20.8. The van der Waals surface area contributed by atoms with Gasteiger partial charge in [0.15, 0.2) is 5.69 Å². The first-order chi connectivity index (χ1) is 14.5. The van der Waals surface area contributed by atoms with Crippen LogP contribution in [0.15, 0.2) is 60.9 Å². The molecular weight excluding hydrogens is 403 g/mol. The maximum Gasteiger partial charge on any atom is 0.274 e. The third kappa shape index (κ3) is 3.23. The molecule has 1 amide bonds. The Morgan fingerprint density at radius 3 is 2.77 bits per heavy atom. The van der Waals surface area contributed by atoms with Gasteiger partial charge in [-0.3, -0.25) is 4.79 Å². The zero-order valence-electron chi connectivity index (χ0n) is 16.2. The van der Waals surface area contributed by atoms with E-state index in [0.29, 0.717) is 17.3 Å². The Bertz CT molecular complexity index is 1270. The Kier molecular flexibility index (Phi) is 4.51. The molecule has 4 heterocycles. The van der Waals surface area contributed by atoms with Crippen LogP contribution in [0, 0.1) is 5.95 Å². The lowest BCUT2D eigenvalue weighted by Gasteiger charge is -2.35. The molecule has 1 aliphatic heterocycles. The molecule has 5 rings (SSSR count). The van der Waals surface area contributed by atoms with E-state index >= 15 is 0 Å².